The van der Waals surface area contributed by atoms with E-state index in [0.29, 0.717) is 0 Å². The van der Waals surface area contributed by atoms with Crippen LogP contribution < -0.4 is 43.4 Å². The zero-order valence-electron chi connectivity index (χ0n) is 24.5. The second-order valence-electron chi connectivity index (χ2n) is 11.5. The Kier molecular flexibility index (Phi) is 23.8. The number of rotatable bonds is 22. The largest absolute Gasteiger partial charge is 1.00 e. The van der Waals surface area contributed by atoms with E-state index < -0.39 is 0 Å². The standard InChI is InChI=1S/C30H58N2O2.2BrH/c1-7-9-11-13-15-17-23-31(3,4)25-27-33-29-19-21-30(22-20-29)34-28-26-32(5,6)24-18-16-14-12-10-8-2;;/h19-22H,7-18,23-28H2,1-6H3;2*1H/q+2;;/p-2. The van der Waals surface area contributed by atoms with E-state index in [0.717, 1.165) is 46.8 Å². The molecule has 0 heterocycles. The molecule has 0 atom stereocenters. The third kappa shape index (κ3) is 20.7. The van der Waals surface area contributed by atoms with Gasteiger partial charge in [-0.2, -0.15) is 0 Å². The topological polar surface area (TPSA) is 18.5 Å². The molecule has 0 amide bonds. The molecule has 0 aromatic heterocycles. The lowest BCUT2D eigenvalue weighted by Crippen LogP contribution is -3.00. The number of benzene rings is 1. The first kappa shape index (κ1) is 37.9. The summed E-state index contributed by atoms with van der Waals surface area (Å²) in [5.41, 5.74) is 0. The normalized spacial score (nSPS) is 11.5. The number of halogens is 2. The van der Waals surface area contributed by atoms with Crippen molar-refractivity contribution in [3.8, 4) is 11.5 Å². The highest BCUT2D eigenvalue weighted by Gasteiger charge is 2.15. The van der Waals surface area contributed by atoms with Gasteiger partial charge in [-0.3, -0.25) is 0 Å². The maximum Gasteiger partial charge on any atom is 0.137 e. The van der Waals surface area contributed by atoms with E-state index in [1.165, 1.54) is 90.1 Å². The Morgan fingerprint density at radius 2 is 0.778 bits per heavy atom. The van der Waals surface area contributed by atoms with E-state index in [1.54, 1.807) is 0 Å². The van der Waals surface area contributed by atoms with Gasteiger partial charge in [-0.05, 0) is 49.9 Å². The molecule has 0 saturated carbocycles. The van der Waals surface area contributed by atoms with Gasteiger partial charge in [0.05, 0.1) is 41.3 Å². The summed E-state index contributed by atoms with van der Waals surface area (Å²) in [6.45, 7) is 10.6. The fraction of sp³-hybridized carbons (Fsp3) is 0.800. The van der Waals surface area contributed by atoms with Crippen LogP contribution in [0.4, 0.5) is 0 Å². The van der Waals surface area contributed by atoms with E-state index in [9.17, 15) is 0 Å². The predicted octanol–water partition coefficient (Wildman–Crippen LogP) is 1.33. The molecule has 0 unspecified atom stereocenters. The first-order valence-corrected chi connectivity index (χ1v) is 14.3. The molecule has 0 bridgehead atoms. The third-order valence-corrected chi connectivity index (χ3v) is 6.99. The van der Waals surface area contributed by atoms with Gasteiger partial charge in [0.1, 0.15) is 37.8 Å². The van der Waals surface area contributed by atoms with Crippen LogP contribution in [0, 0.1) is 0 Å². The number of nitrogens with zero attached hydrogens (tertiary/aromatic N) is 2. The SMILES string of the molecule is CCCCCCCC[N+](C)(C)CCOc1ccc(OCC[N+](C)(C)CCCCCCCC)cc1.[Br-].[Br-]. The van der Waals surface area contributed by atoms with E-state index >= 15 is 0 Å². The van der Waals surface area contributed by atoms with Crippen molar-refractivity contribution in [2.24, 2.45) is 0 Å². The molecule has 0 fully saturated rings. The van der Waals surface area contributed by atoms with E-state index in [4.69, 9.17) is 9.47 Å². The monoisotopic (exact) mass is 636 g/mol. The van der Waals surface area contributed by atoms with Crippen LogP contribution in [0.25, 0.3) is 0 Å². The Labute approximate surface area is 245 Å². The molecule has 6 heteroatoms. The van der Waals surface area contributed by atoms with Crippen LogP contribution in [0.1, 0.15) is 90.9 Å². The Morgan fingerprint density at radius 3 is 1.11 bits per heavy atom. The highest BCUT2D eigenvalue weighted by molar-refractivity contribution is 5.31. The lowest BCUT2D eigenvalue weighted by molar-refractivity contribution is -0.890. The summed E-state index contributed by atoms with van der Waals surface area (Å²) in [7, 11) is 9.27. The van der Waals surface area contributed by atoms with Crippen LogP contribution in [0.15, 0.2) is 24.3 Å². The Balaban J connectivity index is 0. The van der Waals surface area contributed by atoms with Gasteiger partial charge < -0.3 is 52.4 Å². The molecule has 36 heavy (non-hydrogen) atoms. The molecule has 1 aromatic rings. The van der Waals surface area contributed by atoms with Crippen molar-refractivity contribution in [3.63, 3.8) is 0 Å². The molecule has 0 saturated heterocycles. The number of unbranched alkanes of at least 4 members (excludes halogenated alkanes) is 10. The fourth-order valence-electron chi connectivity index (χ4n) is 4.32. The summed E-state index contributed by atoms with van der Waals surface area (Å²) in [6, 6.07) is 8.16. The van der Waals surface area contributed by atoms with Gasteiger partial charge in [0, 0.05) is 0 Å². The maximum atomic E-state index is 6.02. The molecule has 0 aliphatic rings. The molecule has 214 valence electrons. The fourth-order valence-corrected chi connectivity index (χ4v) is 4.32. The molecule has 0 aliphatic carbocycles. The molecule has 0 aliphatic heterocycles. The lowest BCUT2D eigenvalue weighted by Gasteiger charge is -2.30. The van der Waals surface area contributed by atoms with E-state index in [1.807, 2.05) is 24.3 Å². The first-order valence-electron chi connectivity index (χ1n) is 14.3. The summed E-state index contributed by atoms with van der Waals surface area (Å²) < 4.78 is 14.1. The summed E-state index contributed by atoms with van der Waals surface area (Å²) in [4.78, 5) is 0. The smallest absolute Gasteiger partial charge is 0.137 e. The molecular formula is C30H58Br2N2O2. The van der Waals surface area contributed by atoms with Crippen molar-refractivity contribution in [2.75, 3.05) is 67.6 Å². The minimum absolute atomic E-state index is 0. The zero-order chi connectivity index (χ0) is 25.1. The summed E-state index contributed by atoms with van der Waals surface area (Å²) in [5, 5.41) is 0. The van der Waals surface area contributed by atoms with Crippen molar-refractivity contribution in [1.29, 1.82) is 0 Å². The first-order chi connectivity index (χ1) is 16.3. The predicted molar refractivity (Wildman–Crippen MR) is 148 cm³/mol. The van der Waals surface area contributed by atoms with Crippen molar-refractivity contribution < 1.29 is 52.4 Å². The van der Waals surface area contributed by atoms with Crippen LogP contribution in [0.2, 0.25) is 0 Å². The van der Waals surface area contributed by atoms with Crippen LogP contribution >= 0.6 is 0 Å². The van der Waals surface area contributed by atoms with Gasteiger partial charge in [-0.15, -0.1) is 0 Å². The molecule has 1 aromatic carbocycles. The van der Waals surface area contributed by atoms with Crippen molar-refractivity contribution >= 4 is 0 Å². The van der Waals surface area contributed by atoms with Gasteiger partial charge in [-0.25, -0.2) is 0 Å². The summed E-state index contributed by atoms with van der Waals surface area (Å²) >= 11 is 0. The maximum absolute atomic E-state index is 6.02. The molecule has 1 rings (SSSR count). The van der Waals surface area contributed by atoms with Crippen LogP contribution in [0.3, 0.4) is 0 Å². The molecule has 0 N–H and O–H groups in total. The van der Waals surface area contributed by atoms with E-state index in [-0.39, 0.29) is 34.0 Å². The van der Waals surface area contributed by atoms with E-state index in [2.05, 4.69) is 42.0 Å². The minimum atomic E-state index is 0. The molecule has 4 nitrogen and oxygen atoms in total. The van der Waals surface area contributed by atoms with Crippen LogP contribution in [-0.2, 0) is 0 Å². The Hall–Kier alpha value is -0.300. The number of hydrogen-bond donors (Lipinski definition) is 0. The van der Waals surface area contributed by atoms with Crippen LogP contribution in [0.5, 0.6) is 11.5 Å². The second kappa shape index (κ2) is 22.7. The Morgan fingerprint density at radius 1 is 0.472 bits per heavy atom. The van der Waals surface area contributed by atoms with Crippen molar-refractivity contribution in [2.45, 2.75) is 90.9 Å². The Bertz CT molecular complexity index is 556. The number of ether oxygens (including phenoxy) is 2. The quantitative estimate of drug-likeness (QED) is 0.141. The average Bonchev–Trinajstić information content (AvgIpc) is 2.79. The van der Waals surface area contributed by atoms with Crippen molar-refractivity contribution in [3.05, 3.63) is 24.3 Å². The van der Waals surface area contributed by atoms with Crippen molar-refractivity contribution in [1.82, 2.24) is 0 Å². The van der Waals surface area contributed by atoms with Gasteiger partial charge in [0.15, 0.2) is 0 Å². The van der Waals surface area contributed by atoms with Gasteiger partial charge in [0.25, 0.3) is 0 Å². The minimum Gasteiger partial charge on any atom is -1.00 e. The number of likely N-dealkylation sites (N-methyl/N-ethyl adjacent to an activating group) is 2. The molecule has 0 radical (unpaired) electrons. The molecule has 0 spiro atoms. The molecular weight excluding hydrogens is 580 g/mol. The highest BCUT2D eigenvalue weighted by Crippen LogP contribution is 2.18. The van der Waals surface area contributed by atoms with Gasteiger partial charge in [-0.1, -0.05) is 65.2 Å². The average molecular weight is 639 g/mol. The van der Waals surface area contributed by atoms with Gasteiger partial charge >= 0.3 is 0 Å². The van der Waals surface area contributed by atoms with Crippen LogP contribution in [-0.4, -0.2) is 76.5 Å². The van der Waals surface area contributed by atoms with Gasteiger partial charge in [0.2, 0.25) is 0 Å². The number of quaternary nitrogens is 2. The lowest BCUT2D eigenvalue weighted by atomic mass is 10.1. The number of hydrogen-bond acceptors (Lipinski definition) is 2. The second-order valence-corrected chi connectivity index (χ2v) is 11.5. The summed E-state index contributed by atoms with van der Waals surface area (Å²) in [6.07, 6.45) is 16.3. The zero-order valence-corrected chi connectivity index (χ0v) is 27.7. The highest BCUT2D eigenvalue weighted by atomic mass is 79.9. The summed E-state index contributed by atoms with van der Waals surface area (Å²) in [5.74, 6) is 1.87. The third-order valence-electron chi connectivity index (χ3n) is 6.99.